The molecule has 9 atom stereocenters. The molecule has 1 aliphatic rings. The number of rotatable bonds is 11. The number of hydrogen-bond donors (Lipinski definition) is 4. The summed E-state index contributed by atoms with van der Waals surface area (Å²) in [6.45, 7) is 9.38. The molecule has 0 aliphatic carbocycles. The quantitative estimate of drug-likeness (QED) is 0.256. The van der Waals surface area contributed by atoms with E-state index in [-0.39, 0.29) is 19.3 Å². The summed E-state index contributed by atoms with van der Waals surface area (Å²) in [4.78, 5) is 10.4. The van der Waals surface area contributed by atoms with Crippen molar-refractivity contribution in [2.75, 3.05) is 0 Å². The van der Waals surface area contributed by atoms with Crippen LogP contribution < -0.4 is 0 Å². The maximum absolute atomic E-state index is 13.7. The zero-order chi connectivity index (χ0) is 23.8. The van der Waals surface area contributed by atoms with E-state index < -0.39 is 55.4 Å². The van der Waals surface area contributed by atoms with Gasteiger partial charge < -0.3 is 34.0 Å². The summed E-state index contributed by atoms with van der Waals surface area (Å²) < 4.78 is 43.6. The first-order chi connectivity index (χ1) is 13.4. The molecule has 5 unspecified atom stereocenters. The Morgan fingerprint density at radius 2 is 1.53 bits per heavy atom. The number of aliphatic hydroxyl groups is 3. The molecule has 0 spiro atoms. The van der Waals surface area contributed by atoms with Crippen LogP contribution in [0.2, 0.25) is 0 Å². The van der Waals surface area contributed by atoms with Crippen molar-refractivity contribution in [3.05, 3.63) is 0 Å². The van der Waals surface area contributed by atoms with E-state index in [1.165, 1.54) is 21.4 Å². The molecule has 176 valence electrons. The second-order valence-corrected chi connectivity index (χ2v) is 14.0. The molecule has 0 saturated carbocycles. The highest BCUT2D eigenvalue weighted by Crippen LogP contribution is 2.68. The molecule has 0 radical (unpaired) electrons. The fourth-order valence-electron chi connectivity index (χ4n) is 3.28. The third kappa shape index (κ3) is 5.80. The minimum atomic E-state index is -4.55. The van der Waals surface area contributed by atoms with Crippen molar-refractivity contribution in [3.63, 3.8) is 0 Å². The predicted molar refractivity (Wildman–Crippen MR) is 120 cm³/mol. The molecule has 1 heterocycles. The highest BCUT2D eigenvalue weighted by atomic mass is 31.2. The van der Waals surface area contributed by atoms with E-state index in [0.717, 1.165) is 0 Å². The Labute approximate surface area is 181 Å². The largest absolute Gasteiger partial charge is 0.388 e. The van der Waals surface area contributed by atoms with E-state index in [4.69, 9.17) is 13.8 Å². The molecular weight excluding hydrogens is 432 g/mol. The van der Waals surface area contributed by atoms with E-state index in [2.05, 4.69) is 0 Å². The molecule has 1 fully saturated rings. The van der Waals surface area contributed by atoms with Gasteiger partial charge in [-0.15, -0.1) is 0 Å². The normalized spacial score (nSPS) is 34.9. The third-order valence-electron chi connectivity index (χ3n) is 6.49. The van der Waals surface area contributed by atoms with Crippen LogP contribution in [0.25, 0.3) is 0 Å². The molecule has 1 saturated heterocycles. The van der Waals surface area contributed by atoms with Gasteiger partial charge in [-0.2, -0.15) is 0 Å². The molecular formula is C17H38B2O9P2. The van der Waals surface area contributed by atoms with Crippen molar-refractivity contribution in [1.29, 1.82) is 0 Å². The standard InChI is InChI=1S/C17H38B2O9P2/c1-7-15(4,10-11-12(20)13(21)14(18)26-11)27-29(19,23)17(6,9-3)28-30(24,25)16(5,22)8-2/h11-14,20-22H,7-10,18-19H2,1-6H3,(H,24,25)/t11-,12-,13-,14-,15?,16?,17?,29?/m1/s1. The molecule has 30 heavy (non-hydrogen) atoms. The van der Waals surface area contributed by atoms with Crippen molar-refractivity contribution < 1.29 is 43.1 Å². The minimum absolute atomic E-state index is 0.0282. The topological polar surface area (TPSA) is 143 Å². The maximum Gasteiger partial charge on any atom is 0.360 e. The van der Waals surface area contributed by atoms with Gasteiger partial charge >= 0.3 is 7.60 Å². The van der Waals surface area contributed by atoms with E-state index in [9.17, 15) is 29.3 Å². The first kappa shape index (κ1) is 28.3. The van der Waals surface area contributed by atoms with E-state index in [1.54, 1.807) is 28.6 Å². The Morgan fingerprint density at radius 3 is 1.90 bits per heavy atom. The van der Waals surface area contributed by atoms with Gasteiger partial charge in [-0.05, 0) is 40.0 Å². The third-order valence-corrected chi connectivity index (χ3v) is 11.7. The minimum Gasteiger partial charge on any atom is -0.388 e. The van der Waals surface area contributed by atoms with Crippen LogP contribution >= 0.6 is 14.8 Å². The number of hydrogen-bond acceptors (Lipinski definition) is 8. The zero-order valence-electron chi connectivity index (χ0n) is 19.4. The fraction of sp³-hybridized carbons (Fsp3) is 1.00. The van der Waals surface area contributed by atoms with Gasteiger partial charge in [0.1, 0.15) is 25.4 Å². The van der Waals surface area contributed by atoms with Gasteiger partial charge in [-0.3, -0.25) is 9.09 Å². The fourth-order valence-corrected chi connectivity index (χ4v) is 7.28. The van der Waals surface area contributed by atoms with E-state index in [0.29, 0.717) is 6.42 Å². The van der Waals surface area contributed by atoms with Crippen molar-refractivity contribution in [1.82, 2.24) is 0 Å². The van der Waals surface area contributed by atoms with Gasteiger partial charge in [0.05, 0.1) is 17.7 Å². The highest BCUT2D eigenvalue weighted by molar-refractivity contribution is 7.84. The van der Waals surface area contributed by atoms with Crippen molar-refractivity contribution >= 4 is 30.3 Å². The Balaban J connectivity index is 3.14. The molecule has 0 aromatic heterocycles. The average Bonchev–Trinajstić information content (AvgIpc) is 2.86. The Bertz CT molecular complexity index is 694. The molecule has 13 heteroatoms. The van der Waals surface area contributed by atoms with Crippen LogP contribution in [0, 0.1) is 0 Å². The number of aliphatic hydroxyl groups excluding tert-OH is 2. The van der Waals surface area contributed by atoms with Crippen LogP contribution in [0.5, 0.6) is 0 Å². The Morgan fingerprint density at radius 1 is 1.00 bits per heavy atom. The first-order valence-corrected chi connectivity index (χ1v) is 14.1. The summed E-state index contributed by atoms with van der Waals surface area (Å²) in [5.74, 6) is 0. The molecule has 1 aliphatic heterocycles. The monoisotopic (exact) mass is 470 g/mol. The van der Waals surface area contributed by atoms with E-state index in [1.807, 2.05) is 6.92 Å². The summed E-state index contributed by atoms with van der Waals surface area (Å²) >= 11 is 0. The maximum atomic E-state index is 13.7. The van der Waals surface area contributed by atoms with Crippen LogP contribution in [0.4, 0.5) is 0 Å². The summed E-state index contributed by atoms with van der Waals surface area (Å²) in [6.07, 6.45) is -2.19. The molecule has 0 amide bonds. The van der Waals surface area contributed by atoms with Gasteiger partial charge in [-0.25, -0.2) is 0 Å². The predicted octanol–water partition coefficient (Wildman–Crippen LogP) is 0.914. The summed E-state index contributed by atoms with van der Waals surface area (Å²) in [5.41, 5.74) is -1.02. The Hall–Kier alpha value is 0.310. The lowest BCUT2D eigenvalue weighted by molar-refractivity contribution is -0.0362. The highest BCUT2D eigenvalue weighted by Gasteiger charge is 2.54. The van der Waals surface area contributed by atoms with Crippen LogP contribution in [0.15, 0.2) is 0 Å². The molecule has 0 bridgehead atoms. The van der Waals surface area contributed by atoms with Crippen LogP contribution in [0.3, 0.4) is 0 Å². The van der Waals surface area contributed by atoms with E-state index >= 15 is 0 Å². The molecule has 9 nitrogen and oxygen atoms in total. The molecule has 4 N–H and O–H groups in total. The SMILES string of the molecule is B[C@@H]1O[C@H](CC(C)(CC)OP(B)(=O)C(C)(CC)OP(=O)(O)C(C)(O)CC)[C@@H](O)[C@H]1O. The number of ether oxygens (including phenoxy) is 1. The van der Waals surface area contributed by atoms with Crippen molar-refractivity contribution in [2.45, 2.75) is 108 Å². The Kier molecular flexibility index (Phi) is 9.13. The van der Waals surface area contributed by atoms with Crippen LogP contribution in [-0.2, 0) is 22.9 Å². The van der Waals surface area contributed by atoms with Gasteiger partial charge in [0.2, 0.25) is 7.57 Å². The lowest BCUT2D eigenvalue weighted by atomic mass is 9.90. The van der Waals surface area contributed by atoms with Crippen molar-refractivity contribution in [2.24, 2.45) is 0 Å². The lowest BCUT2D eigenvalue weighted by Gasteiger charge is -2.43. The zero-order valence-corrected chi connectivity index (χ0v) is 21.2. The molecule has 1 rings (SSSR count). The van der Waals surface area contributed by atoms with Gasteiger partial charge in [-0.1, -0.05) is 20.8 Å². The van der Waals surface area contributed by atoms with Gasteiger partial charge in [0.25, 0.3) is 0 Å². The van der Waals surface area contributed by atoms with Crippen LogP contribution in [-0.4, -0.2) is 76.2 Å². The lowest BCUT2D eigenvalue weighted by Crippen LogP contribution is -2.41. The summed E-state index contributed by atoms with van der Waals surface area (Å²) in [6, 6.07) is -0.541. The first-order valence-electron chi connectivity index (χ1n) is 10.5. The van der Waals surface area contributed by atoms with Gasteiger partial charge in [0.15, 0.2) is 12.6 Å². The van der Waals surface area contributed by atoms with Gasteiger partial charge in [0, 0.05) is 6.42 Å². The molecule has 0 aromatic rings. The van der Waals surface area contributed by atoms with Crippen molar-refractivity contribution in [3.8, 4) is 0 Å². The second-order valence-electron chi connectivity index (χ2n) is 9.02. The smallest absolute Gasteiger partial charge is 0.360 e. The van der Waals surface area contributed by atoms with Crippen LogP contribution in [0.1, 0.15) is 67.2 Å². The molecule has 0 aromatic carbocycles. The summed E-state index contributed by atoms with van der Waals surface area (Å²) in [5, 5.41) is 26.9. The average molecular weight is 470 g/mol. The summed E-state index contributed by atoms with van der Waals surface area (Å²) in [7, 11) is -5.26. The second kappa shape index (κ2) is 9.66.